The number of hydrogen-bond acceptors (Lipinski definition) is 3. The maximum atomic E-state index is 12.2. The van der Waals surface area contributed by atoms with Crippen molar-refractivity contribution in [2.24, 2.45) is 5.73 Å². The van der Waals surface area contributed by atoms with Gasteiger partial charge in [-0.15, -0.1) is 0 Å². The third-order valence-electron chi connectivity index (χ3n) is 4.53. The summed E-state index contributed by atoms with van der Waals surface area (Å²) in [6.45, 7) is 2.06. The van der Waals surface area contributed by atoms with Gasteiger partial charge >= 0.3 is 6.03 Å². The van der Waals surface area contributed by atoms with E-state index in [1.54, 1.807) is 0 Å². The van der Waals surface area contributed by atoms with Crippen LogP contribution in [0.3, 0.4) is 0 Å². The second-order valence-corrected chi connectivity index (χ2v) is 6.58. The number of unbranched alkanes of at least 4 members (excludes halogenated alkanes) is 3. The number of anilines is 1. The lowest BCUT2D eigenvalue weighted by atomic mass is 10.0. The van der Waals surface area contributed by atoms with E-state index < -0.39 is 0 Å². The Balaban J connectivity index is 1.62. The molecule has 6 heteroatoms. The van der Waals surface area contributed by atoms with Crippen molar-refractivity contribution in [1.82, 2.24) is 10.2 Å². The molecule has 1 aromatic carbocycles. The van der Waals surface area contributed by atoms with Gasteiger partial charge in [0, 0.05) is 31.2 Å². The summed E-state index contributed by atoms with van der Waals surface area (Å²) in [6, 6.07) is 9.56. The maximum Gasteiger partial charge on any atom is 0.321 e. The van der Waals surface area contributed by atoms with Gasteiger partial charge in [-0.05, 0) is 44.4 Å². The molecule has 3 amide bonds. The minimum atomic E-state index is -0.0733. The van der Waals surface area contributed by atoms with E-state index >= 15 is 0 Å². The van der Waals surface area contributed by atoms with Crippen LogP contribution < -0.4 is 16.4 Å². The van der Waals surface area contributed by atoms with Crippen molar-refractivity contribution in [2.45, 2.75) is 51.0 Å². The summed E-state index contributed by atoms with van der Waals surface area (Å²) in [4.78, 5) is 26.0. The van der Waals surface area contributed by atoms with Crippen LogP contribution >= 0.6 is 0 Å². The highest BCUT2D eigenvalue weighted by Crippen LogP contribution is 2.13. The molecule has 0 bridgehead atoms. The fourth-order valence-electron chi connectivity index (χ4n) is 3.03. The first-order chi connectivity index (χ1) is 12.2. The fraction of sp³-hybridized carbons (Fsp3) is 0.579. The highest BCUT2D eigenvalue weighted by atomic mass is 16.2. The lowest BCUT2D eigenvalue weighted by Crippen LogP contribution is -2.47. The van der Waals surface area contributed by atoms with Crippen molar-refractivity contribution in [3.63, 3.8) is 0 Å². The first-order valence-corrected chi connectivity index (χ1v) is 9.29. The van der Waals surface area contributed by atoms with Crippen LogP contribution in [-0.2, 0) is 4.79 Å². The van der Waals surface area contributed by atoms with Crippen molar-refractivity contribution < 1.29 is 9.59 Å². The lowest BCUT2D eigenvalue weighted by molar-refractivity contribution is -0.122. The van der Waals surface area contributed by atoms with Crippen molar-refractivity contribution in [1.29, 1.82) is 0 Å². The Labute approximate surface area is 150 Å². The fourth-order valence-corrected chi connectivity index (χ4v) is 3.03. The van der Waals surface area contributed by atoms with E-state index in [0.29, 0.717) is 19.5 Å². The predicted octanol–water partition coefficient (Wildman–Crippen LogP) is 2.71. The Bertz CT molecular complexity index is 527. The molecule has 1 fully saturated rings. The molecule has 0 spiro atoms. The minimum absolute atomic E-state index is 0.0733. The van der Waals surface area contributed by atoms with Gasteiger partial charge < -0.3 is 21.3 Å². The number of amides is 3. The molecule has 25 heavy (non-hydrogen) atoms. The molecule has 1 aromatic rings. The Morgan fingerprint density at radius 1 is 1.04 bits per heavy atom. The van der Waals surface area contributed by atoms with Crippen LogP contribution in [0.2, 0.25) is 0 Å². The van der Waals surface area contributed by atoms with Gasteiger partial charge in [0.05, 0.1) is 0 Å². The van der Waals surface area contributed by atoms with Crippen molar-refractivity contribution in [2.75, 3.05) is 25.0 Å². The number of benzene rings is 1. The van der Waals surface area contributed by atoms with Crippen LogP contribution in [0.5, 0.6) is 0 Å². The van der Waals surface area contributed by atoms with Crippen LogP contribution in [-0.4, -0.2) is 42.5 Å². The van der Waals surface area contributed by atoms with Crippen LogP contribution in [0.25, 0.3) is 0 Å². The summed E-state index contributed by atoms with van der Waals surface area (Å²) in [5.74, 6) is 0.125. The molecule has 0 aliphatic carbocycles. The Morgan fingerprint density at radius 3 is 2.40 bits per heavy atom. The number of rotatable bonds is 8. The zero-order chi connectivity index (χ0) is 17.9. The summed E-state index contributed by atoms with van der Waals surface area (Å²) in [5, 5.41) is 6.00. The van der Waals surface area contributed by atoms with Gasteiger partial charge in [-0.2, -0.15) is 0 Å². The molecular formula is C19H30N4O2. The summed E-state index contributed by atoms with van der Waals surface area (Å²) in [6.07, 6.45) is 6.30. The number of nitrogens with two attached hydrogens (primary N) is 1. The summed E-state index contributed by atoms with van der Waals surface area (Å²) < 4.78 is 0. The van der Waals surface area contributed by atoms with E-state index in [9.17, 15) is 9.59 Å². The van der Waals surface area contributed by atoms with Crippen LogP contribution in [0.15, 0.2) is 30.3 Å². The molecule has 6 nitrogen and oxygen atoms in total. The number of para-hydroxylation sites is 1. The molecule has 0 aromatic heterocycles. The molecule has 1 saturated heterocycles. The molecule has 0 atom stereocenters. The monoisotopic (exact) mass is 346 g/mol. The second-order valence-electron chi connectivity index (χ2n) is 6.58. The highest BCUT2D eigenvalue weighted by Gasteiger charge is 2.23. The number of piperidine rings is 1. The van der Waals surface area contributed by atoms with Gasteiger partial charge in [-0.25, -0.2) is 4.79 Å². The van der Waals surface area contributed by atoms with E-state index in [-0.39, 0.29) is 18.0 Å². The summed E-state index contributed by atoms with van der Waals surface area (Å²) in [5.41, 5.74) is 6.26. The second kappa shape index (κ2) is 10.7. The van der Waals surface area contributed by atoms with Gasteiger partial charge in [0.1, 0.15) is 0 Å². The molecule has 1 heterocycles. The molecule has 0 radical (unpaired) electrons. The van der Waals surface area contributed by atoms with E-state index in [2.05, 4.69) is 10.6 Å². The number of hydrogen-bond donors (Lipinski definition) is 3. The van der Waals surface area contributed by atoms with E-state index in [4.69, 9.17) is 5.73 Å². The van der Waals surface area contributed by atoms with Crippen molar-refractivity contribution in [3.8, 4) is 0 Å². The summed E-state index contributed by atoms with van der Waals surface area (Å²) in [7, 11) is 0. The Kier molecular flexibility index (Phi) is 8.25. The minimum Gasteiger partial charge on any atom is -0.353 e. The maximum absolute atomic E-state index is 12.2. The molecule has 1 aliphatic rings. The van der Waals surface area contributed by atoms with Crippen molar-refractivity contribution >= 4 is 17.6 Å². The van der Waals surface area contributed by atoms with Gasteiger partial charge in [-0.1, -0.05) is 31.0 Å². The first kappa shape index (κ1) is 19.2. The number of carbonyl (C=O) groups excluding carboxylic acids is 2. The standard InChI is InChI=1S/C19H30N4O2/c20-13-7-2-1-6-10-18(24)21-17-11-14-23(15-12-17)19(25)22-16-8-4-3-5-9-16/h3-5,8-9,17H,1-2,6-7,10-15,20H2,(H,21,24)(H,22,25). The average molecular weight is 346 g/mol. The molecule has 1 aliphatic heterocycles. The van der Waals surface area contributed by atoms with Crippen LogP contribution in [0, 0.1) is 0 Å². The van der Waals surface area contributed by atoms with Crippen molar-refractivity contribution in [3.05, 3.63) is 30.3 Å². The summed E-state index contributed by atoms with van der Waals surface area (Å²) >= 11 is 0. The van der Waals surface area contributed by atoms with Crippen LogP contribution in [0.4, 0.5) is 10.5 Å². The van der Waals surface area contributed by atoms with Gasteiger partial charge in [0.15, 0.2) is 0 Å². The SMILES string of the molecule is NCCCCCCC(=O)NC1CCN(C(=O)Nc2ccccc2)CC1. The third kappa shape index (κ3) is 7.13. The first-order valence-electron chi connectivity index (χ1n) is 9.29. The molecule has 138 valence electrons. The smallest absolute Gasteiger partial charge is 0.321 e. The van der Waals surface area contributed by atoms with E-state index in [1.807, 2.05) is 35.2 Å². The van der Waals surface area contributed by atoms with Gasteiger partial charge in [-0.3, -0.25) is 4.79 Å². The zero-order valence-electron chi connectivity index (χ0n) is 14.9. The molecule has 2 rings (SSSR count). The van der Waals surface area contributed by atoms with Gasteiger partial charge in [0.25, 0.3) is 0 Å². The number of nitrogens with one attached hydrogen (secondary N) is 2. The molecule has 0 unspecified atom stereocenters. The normalized spacial score (nSPS) is 15.0. The average Bonchev–Trinajstić information content (AvgIpc) is 2.63. The largest absolute Gasteiger partial charge is 0.353 e. The number of likely N-dealkylation sites (tertiary alicyclic amines) is 1. The third-order valence-corrected chi connectivity index (χ3v) is 4.53. The van der Waals surface area contributed by atoms with Crippen LogP contribution in [0.1, 0.15) is 44.9 Å². The number of urea groups is 1. The topological polar surface area (TPSA) is 87.5 Å². The Morgan fingerprint density at radius 2 is 1.72 bits per heavy atom. The Hall–Kier alpha value is -2.08. The molecule has 4 N–H and O–H groups in total. The lowest BCUT2D eigenvalue weighted by Gasteiger charge is -2.32. The molecule has 0 saturated carbocycles. The van der Waals surface area contributed by atoms with E-state index in [1.165, 1.54) is 0 Å². The van der Waals surface area contributed by atoms with E-state index in [0.717, 1.165) is 50.8 Å². The highest BCUT2D eigenvalue weighted by molar-refractivity contribution is 5.89. The predicted molar refractivity (Wildman–Crippen MR) is 100 cm³/mol. The zero-order valence-corrected chi connectivity index (χ0v) is 14.9. The quantitative estimate of drug-likeness (QED) is 0.633. The van der Waals surface area contributed by atoms with Gasteiger partial charge in [0.2, 0.25) is 5.91 Å². The molecular weight excluding hydrogens is 316 g/mol. The number of carbonyl (C=O) groups is 2. The number of nitrogens with zero attached hydrogens (tertiary/aromatic N) is 1.